The van der Waals surface area contributed by atoms with Gasteiger partial charge in [-0.15, -0.1) is 0 Å². The lowest BCUT2D eigenvalue weighted by Crippen LogP contribution is -2.62. The van der Waals surface area contributed by atoms with Crippen LogP contribution in [0.15, 0.2) is 42.7 Å². The van der Waals surface area contributed by atoms with Gasteiger partial charge >= 0.3 is 0 Å². The van der Waals surface area contributed by atoms with E-state index in [1.165, 1.54) is 5.56 Å². The van der Waals surface area contributed by atoms with E-state index in [0.29, 0.717) is 0 Å². The van der Waals surface area contributed by atoms with Gasteiger partial charge in [-0.25, -0.2) is 9.97 Å². The molecule has 23 heavy (non-hydrogen) atoms. The predicted molar refractivity (Wildman–Crippen MR) is 88.4 cm³/mol. The van der Waals surface area contributed by atoms with E-state index in [4.69, 9.17) is 0 Å². The minimum Gasteiger partial charge on any atom is -0.336 e. The van der Waals surface area contributed by atoms with Crippen LogP contribution < -0.4 is 4.90 Å². The van der Waals surface area contributed by atoms with Gasteiger partial charge in [-0.3, -0.25) is 4.79 Å². The van der Waals surface area contributed by atoms with Crippen LogP contribution in [0.2, 0.25) is 0 Å². The van der Waals surface area contributed by atoms with Crippen LogP contribution in [0.5, 0.6) is 0 Å². The zero-order chi connectivity index (χ0) is 15.9. The van der Waals surface area contributed by atoms with Crippen LogP contribution in [0, 0.1) is 6.92 Å². The van der Waals surface area contributed by atoms with Crippen LogP contribution in [-0.2, 0) is 0 Å². The summed E-state index contributed by atoms with van der Waals surface area (Å²) in [5.74, 6) is 0.908. The number of amides is 1. The highest BCUT2D eigenvalue weighted by molar-refractivity contribution is 5.94. The smallest absolute Gasteiger partial charge is 0.253 e. The molecule has 3 heterocycles. The SMILES string of the molecule is Cc1ccc(C(=O)N2CCC3(CCN3c3ncccn3)C2)cc1. The maximum atomic E-state index is 12.7. The Morgan fingerprint density at radius 3 is 2.43 bits per heavy atom. The van der Waals surface area contributed by atoms with Gasteiger partial charge in [0, 0.05) is 37.6 Å². The molecule has 5 nitrogen and oxygen atoms in total. The second-order valence-corrected chi connectivity index (χ2v) is 6.52. The molecule has 1 amide bonds. The van der Waals surface area contributed by atoms with Crippen molar-refractivity contribution in [2.75, 3.05) is 24.5 Å². The molecule has 4 rings (SSSR count). The van der Waals surface area contributed by atoms with Gasteiger partial charge in [0.05, 0.1) is 5.54 Å². The predicted octanol–water partition coefficient (Wildman–Crippen LogP) is 2.28. The first-order valence-electron chi connectivity index (χ1n) is 8.09. The highest BCUT2D eigenvalue weighted by atomic mass is 16.2. The third-order valence-corrected chi connectivity index (χ3v) is 5.08. The number of aromatic nitrogens is 2. The summed E-state index contributed by atoms with van der Waals surface area (Å²) in [4.78, 5) is 25.7. The Hall–Kier alpha value is -2.43. The fraction of sp³-hybridized carbons (Fsp3) is 0.389. The third kappa shape index (κ3) is 2.36. The standard InChI is InChI=1S/C18H20N4O/c1-14-3-5-15(6-4-14)16(23)21-11-7-18(13-21)8-12-22(18)17-19-9-2-10-20-17/h2-6,9-10H,7-8,11-13H2,1H3. The maximum absolute atomic E-state index is 12.7. The van der Waals surface area contributed by atoms with Crippen molar-refractivity contribution >= 4 is 11.9 Å². The Bertz CT molecular complexity index is 716. The Morgan fingerprint density at radius 1 is 1.09 bits per heavy atom. The number of rotatable bonds is 2. The maximum Gasteiger partial charge on any atom is 0.253 e. The quantitative estimate of drug-likeness (QED) is 0.854. The van der Waals surface area contributed by atoms with E-state index in [-0.39, 0.29) is 11.4 Å². The van der Waals surface area contributed by atoms with Crippen LogP contribution >= 0.6 is 0 Å². The van der Waals surface area contributed by atoms with Crippen LogP contribution in [-0.4, -0.2) is 45.9 Å². The van der Waals surface area contributed by atoms with E-state index < -0.39 is 0 Å². The lowest BCUT2D eigenvalue weighted by atomic mass is 9.84. The molecule has 2 aliphatic heterocycles. The van der Waals surface area contributed by atoms with E-state index in [1.54, 1.807) is 12.4 Å². The van der Waals surface area contributed by atoms with Crippen molar-refractivity contribution in [3.63, 3.8) is 0 Å². The van der Waals surface area contributed by atoms with E-state index in [9.17, 15) is 4.79 Å². The minimum atomic E-state index is 0.0295. The minimum absolute atomic E-state index is 0.0295. The number of likely N-dealkylation sites (tertiary alicyclic amines) is 1. The van der Waals surface area contributed by atoms with Gasteiger partial charge in [0.15, 0.2) is 0 Å². The molecule has 1 aromatic heterocycles. The van der Waals surface area contributed by atoms with Gasteiger partial charge in [-0.05, 0) is 38.0 Å². The van der Waals surface area contributed by atoms with Crippen LogP contribution in [0.1, 0.15) is 28.8 Å². The van der Waals surface area contributed by atoms with Gasteiger partial charge in [0.2, 0.25) is 5.95 Å². The van der Waals surface area contributed by atoms with Crippen molar-refractivity contribution < 1.29 is 4.79 Å². The number of anilines is 1. The van der Waals surface area contributed by atoms with Crippen molar-refractivity contribution in [3.8, 4) is 0 Å². The highest BCUT2D eigenvalue weighted by Gasteiger charge is 2.51. The van der Waals surface area contributed by atoms with Gasteiger partial charge in [-0.1, -0.05) is 17.7 Å². The second-order valence-electron chi connectivity index (χ2n) is 6.52. The molecule has 2 saturated heterocycles. The molecular weight excluding hydrogens is 288 g/mol. The zero-order valence-corrected chi connectivity index (χ0v) is 13.3. The Kier molecular flexibility index (Phi) is 3.29. The second kappa shape index (κ2) is 5.33. The molecule has 2 fully saturated rings. The third-order valence-electron chi connectivity index (χ3n) is 5.08. The van der Waals surface area contributed by atoms with Crippen molar-refractivity contribution in [1.29, 1.82) is 0 Å². The Labute approximate surface area is 136 Å². The first-order valence-corrected chi connectivity index (χ1v) is 8.09. The zero-order valence-electron chi connectivity index (χ0n) is 13.3. The molecule has 1 unspecified atom stereocenters. The molecule has 2 aliphatic rings. The van der Waals surface area contributed by atoms with E-state index >= 15 is 0 Å². The first-order chi connectivity index (χ1) is 11.2. The van der Waals surface area contributed by atoms with Gasteiger partial charge < -0.3 is 9.80 Å². The van der Waals surface area contributed by atoms with E-state index in [2.05, 4.69) is 14.9 Å². The Balaban J connectivity index is 1.51. The topological polar surface area (TPSA) is 49.3 Å². The van der Waals surface area contributed by atoms with Crippen molar-refractivity contribution in [3.05, 3.63) is 53.9 Å². The first kappa shape index (κ1) is 14.2. The number of benzene rings is 1. The summed E-state index contributed by atoms with van der Waals surface area (Å²) in [6.45, 7) is 4.57. The summed E-state index contributed by atoms with van der Waals surface area (Å²) in [5.41, 5.74) is 1.97. The molecule has 0 aliphatic carbocycles. The molecule has 0 saturated carbocycles. The molecule has 0 bridgehead atoms. The molecule has 1 aromatic carbocycles. The number of hydrogen-bond acceptors (Lipinski definition) is 4. The largest absolute Gasteiger partial charge is 0.336 e. The molecule has 5 heteroatoms. The monoisotopic (exact) mass is 308 g/mol. The number of aryl methyl sites for hydroxylation is 1. The fourth-order valence-electron chi connectivity index (χ4n) is 3.62. The van der Waals surface area contributed by atoms with Crippen LogP contribution in [0.25, 0.3) is 0 Å². The summed E-state index contributed by atoms with van der Waals surface area (Å²) >= 11 is 0. The molecule has 1 spiro atoms. The molecule has 1 atom stereocenters. The Morgan fingerprint density at radius 2 is 1.78 bits per heavy atom. The van der Waals surface area contributed by atoms with E-state index in [0.717, 1.165) is 44.0 Å². The van der Waals surface area contributed by atoms with Crippen molar-refractivity contribution in [1.82, 2.24) is 14.9 Å². The van der Waals surface area contributed by atoms with Crippen LogP contribution in [0.3, 0.4) is 0 Å². The molecule has 118 valence electrons. The molecule has 0 radical (unpaired) electrons. The van der Waals surface area contributed by atoms with Gasteiger partial charge in [0.25, 0.3) is 5.91 Å². The summed E-state index contributed by atoms with van der Waals surface area (Å²) in [6.07, 6.45) is 5.64. The van der Waals surface area contributed by atoms with E-state index in [1.807, 2.05) is 42.2 Å². The van der Waals surface area contributed by atoms with Gasteiger partial charge in [0.1, 0.15) is 0 Å². The average molecular weight is 308 g/mol. The van der Waals surface area contributed by atoms with Crippen molar-refractivity contribution in [2.24, 2.45) is 0 Å². The lowest BCUT2D eigenvalue weighted by Gasteiger charge is -2.50. The molecular formula is C18H20N4O. The van der Waals surface area contributed by atoms with Crippen LogP contribution in [0.4, 0.5) is 5.95 Å². The normalized spacial score (nSPS) is 23.2. The number of nitrogens with zero attached hydrogens (tertiary/aromatic N) is 4. The number of hydrogen-bond donors (Lipinski definition) is 0. The summed E-state index contributed by atoms with van der Waals surface area (Å²) < 4.78 is 0. The summed E-state index contributed by atoms with van der Waals surface area (Å²) in [7, 11) is 0. The molecule has 0 N–H and O–H groups in total. The lowest BCUT2D eigenvalue weighted by molar-refractivity contribution is 0.0775. The average Bonchev–Trinajstić information content (AvgIpc) is 3.03. The summed E-state index contributed by atoms with van der Waals surface area (Å²) in [6, 6.07) is 9.65. The molecule has 2 aromatic rings. The van der Waals surface area contributed by atoms with Crippen molar-refractivity contribution in [2.45, 2.75) is 25.3 Å². The highest BCUT2D eigenvalue weighted by Crippen LogP contribution is 2.41. The number of carbonyl (C=O) groups is 1. The fourth-order valence-corrected chi connectivity index (χ4v) is 3.62. The van der Waals surface area contributed by atoms with Gasteiger partial charge in [-0.2, -0.15) is 0 Å². The number of carbonyl (C=O) groups excluding carboxylic acids is 1. The summed E-state index contributed by atoms with van der Waals surface area (Å²) in [5, 5.41) is 0.